The minimum Gasteiger partial charge on any atom is -0.477 e. The van der Waals surface area contributed by atoms with Crippen molar-refractivity contribution in [1.29, 1.82) is 0 Å². The zero-order valence-corrected chi connectivity index (χ0v) is 19.5. The van der Waals surface area contributed by atoms with Crippen molar-refractivity contribution < 1.29 is 19.8 Å². The number of rotatable bonds is 6. The molecule has 5 nitrogen and oxygen atoms in total. The molecule has 0 amide bonds. The van der Waals surface area contributed by atoms with Crippen molar-refractivity contribution in [2.24, 2.45) is 11.8 Å². The molecule has 4 rings (SSSR count). The summed E-state index contributed by atoms with van der Waals surface area (Å²) >= 11 is 1.43. The molecule has 3 fully saturated rings. The Bertz CT molecular complexity index is 764. The molecule has 31 heavy (non-hydrogen) atoms. The van der Waals surface area contributed by atoms with Gasteiger partial charge in [-0.3, -0.25) is 4.79 Å². The molecule has 3 saturated carbocycles. The number of thiophene rings is 1. The fourth-order valence-corrected chi connectivity index (χ4v) is 6.97. The van der Waals surface area contributed by atoms with Crippen LogP contribution in [0.25, 0.3) is 0 Å². The zero-order valence-electron chi connectivity index (χ0n) is 18.7. The van der Waals surface area contributed by atoms with Crippen LogP contribution in [0.4, 0.5) is 5.69 Å². The quantitative estimate of drug-likeness (QED) is 0.593. The van der Waals surface area contributed by atoms with E-state index >= 15 is 0 Å². The summed E-state index contributed by atoms with van der Waals surface area (Å²) in [7, 11) is 0. The number of carboxylic acids is 1. The van der Waals surface area contributed by atoms with Gasteiger partial charge in [-0.1, -0.05) is 19.8 Å². The van der Waals surface area contributed by atoms with Crippen molar-refractivity contribution in [2.75, 3.05) is 11.4 Å². The molecule has 3 aliphatic carbocycles. The van der Waals surface area contributed by atoms with Crippen molar-refractivity contribution in [1.82, 2.24) is 0 Å². The molecule has 2 N–H and O–H groups in total. The third kappa shape index (κ3) is 5.51. The topological polar surface area (TPSA) is 77.8 Å². The van der Waals surface area contributed by atoms with E-state index in [1.165, 1.54) is 37.0 Å². The van der Waals surface area contributed by atoms with Crippen LogP contribution in [0.3, 0.4) is 0 Å². The molecule has 1 aromatic rings. The Morgan fingerprint density at radius 1 is 1.03 bits per heavy atom. The molecule has 0 saturated heterocycles. The van der Waals surface area contributed by atoms with Gasteiger partial charge in [0.25, 0.3) is 0 Å². The highest BCUT2D eigenvalue weighted by Gasteiger charge is 2.33. The first kappa shape index (κ1) is 22.8. The van der Waals surface area contributed by atoms with Gasteiger partial charge in [0, 0.05) is 30.3 Å². The van der Waals surface area contributed by atoms with E-state index in [9.17, 15) is 19.8 Å². The van der Waals surface area contributed by atoms with Crippen LogP contribution in [0.5, 0.6) is 0 Å². The predicted octanol–water partition coefficient (Wildman–Crippen LogP) is 5.61. The van der Waals surface area contributed by atoms with Gasteiger partial charge in [0.1, 0.15) is 10.7 Å². The molecule has 0 aliphatic heterocycles. The summed E-state index contributed by atoms with van der Waals surface area (Å²) in [6.07, 6.45) is 11.1. The second-order valence-electron chi connectivity index (χ2n) is 10.2. The lowest BCUT2D eigenvalue weighted by Crippen LogP contribution is -2.43. The smallest absolute Gasteiger partial charge is 0.348 e. The van der Waals surface area contributed by atoms with Crippen LogP contribution in [-0.4, -0.2) is 40.7 Å². The standard InChI is InChI=1S/C25H37NO4S/c1-16-2-4-17(5-3-16)15-26(19-8-12-21(28)13-9-19)22-14-23(31-24(22)25(29)30)18-6-10-20(27)11-7-18/h14,16-19,21,28H,2-13,15H2,1H3,(H,29,30). The zero-order chi connectivity index (χ0) is 22.0. The van der Waals surface area contributed by atoms with Gasteiger partial charge in [-0.15, -0.1) is 11.3 Å². The van der Waals surface area contributed by atoms with Gasteiger partial charge in [-0.05, 0) is 75.2 Å². The Morgan fingerprint density at radius 3 is 2.29 bits per heavy atom. The lowest BCUT2D eigenvalue weighted by Gasteiger charge is -2.40. The SMILES string of the molecule is CC1CCC(CN(c2cc(C3CCC(=O)CC3)sc2C(=O)O)C2CCC(O)CC2)CC1. The summed E-state index contributed by atoms with van der Waals surface area (Å²) in [6, 6.07) is 2.45. The van der Waals surface area contributed by atoms with E-state index < -0.39 is 5.97 Å². The molecule has 0 aromatic carbocycles. The number of carboxylic acid groups (broad SMARTS) is 1. The Kier molecular flexibility index (Phi) is 7.37. The highest BCUT2D eigenvalue weighted by atomic mass is 32.1. The van der Waals surface area contributed by atoms with E-state index in [0.29, 0.717) is 41.4 Å². The van der Waals surface area contributed by atoms with Crippen LogP contribution in [0.2, 0.25) is 0 Å². The number of carbonyl (C=O) groups is 2. The molecule has 0 bridgehead atoms. The number of hydrogen-bond acceptors (Lipinski definition) is 5. The first-order chi connectivity index (χ1) is 14.9. The second kappa shape index (κ2) is 10.0. The van der Waals surface area contributed by atoms with Crippen LogP contribution in [0, 0.1) is 11.8 Å². The van der Waals surface area contributed by atoms with E-state index in [0.717, 1.165) is 61.6 Å². The number of nitrogens with zero attached hydrogens (tertiary/aromatic N) is 1. The maximum absolute atomic E-state index is 12.2. The van der Waals surface area contributed by atoms with Crippen LogP contribution in [0.1, 0.15) is 104 Å². The van der Waals surface area contributed by atoms with E-state index in [1.807, 2.05) is 0 Å². The van der Waals surface area contributed by atoms with Gasteiger partial charge < -0.3 is 15.1 Å². The second-order valence-corrected chi connectivity index (χ2v) is 11.3. The van der Waals surface area contributed by atoms with E-state index in [1.54, 1.807) is 0 Å². The Balaban J connectivity index is 1.61. The lowest BCUT2D eigenvalue weighted by atomic mass is 9.82. The largest absolute Gasteiger partial charge is 0.477 e. The summed E-state index contributed by atoms with van der Waals surface area (Å²) in [5, 5.41) is 20.1. The highest BCUT2D eigenvalue weighted by Crippen LogP contribution is 2.43. The molecular weight excluding hydrogens is 410 g/mol. The number of aliphatic hydroxyl groups excluding tert-OH is 1. The molecule has 0 atom stereocenters. The van der Waals surface area contributed by atoms with Gasteiger partial charge in [-0.2, -0.15) is 0 Å². The van der Waals surface area contributed by atoms with E-state index in [2.05, 4.69) is 17.9 Å². The highest BCUT2D eigenvalue weighted by molar-refractivity contribution is 7.14. The van der Waals surface area contributed by atoms with Crippen molar-refractivity contribution in [3.63, 3.8) is 0 Å². The first-order valence-electron chi connectivity index (χ1n) is 12.2. The van der Waals surface area contributed by atoms with Crippen LogP contribution < -0.4 is 4.90 Å². The number of aliphatic hydroxyl groups is 1. The number of carbonyl (C=O) groups excluding carboxylic acids is 1. The molecule has 0 radical (unpaired) electrons. The number of Topliss-reactive ketones (excluding diaryl/α,β-unsaturated/α-hetero) is 1. The minimum absolute atomic E-state index is 0.217. The van der Waals surface area contributed by atoms with Gasteiger partial charge in [0.15, 0.2) is 0 Å². The van der Waals surface area contributed by atoms with Crippen molar-refractivity contribution in [3.8, 4) is 0 Å². The molecule has 6 heteroatoms. The lowest BCUT2D eigenvalue weighted by molar-refractivity contribution is -0.120. The molecular formula is C25H37NO4S. The number of aromatic carboxylic acids is 1. The van der Waals surface area contributed by atoms with Gasteiger partial charge in [0.05, 0.1) is 11.8 Å². The fourth-order valence-electron chi connectivity index (χ4n) is 5.80. The molecule has 172 valence electrons. The Hall–Kier alpha value is -1.40. The number of ketones is 1. The third-order valence-corrected chi connectivity index (χ3v) is 9.15. The fraction of sp³-hybridized carbons (Fsp3) is 0.760. The van der Waals surface area contributed by atoms with Crippen LogP contribution in [0.15, 0.2) is 6.07 Å². The Labute approximate surface area is 189 Å². The normalized spacial score (nSPS) is 30.3. The third-order valence-electron chi connectivity index (χ3n) is 7.88. The van der Waals surface area contributed by atoms with Crippen molar-refractivity contribution in [2.45, 2.75) is 102 Å². The summed E-state index contributed by atoms with van der Waals surface area (Å²) < 4.78 is 0. The maximum atomic E-state index is 12.2. The predicted molar refractivity (Wildman–Crippen MR) is 124 cm³/mol. The van der Waals surface area contributed by atoms with Gasteiger partial charge >= 0.3 is 5.97 Å². The number of anilines is 1. The maximum Gasteiger partial charge on any atom is 0.348 e. The van der Waals surface area contributed by atoms with Crippen LogP contribution in [-0.2, 0) is 4.79 Å². The minimum atomic E-state index is -0.837. The molecule has 0 unspecified atom stereocenters. The molecule has 3 aliphatic rings. The van der Waals surface area contributed by atoms with Gasteiger partial charge in [0.2, 0.25) is 0 Å². The van der Waals surface area contributed by atoms with E-state index in [4.69, 9.17) is 0 Å². The molecule has 1 heterocycles. The van der Waals surface area contributed by atoms with Gasteiger partial charge in [-0.25, -0.2) is 4.79 Å². The average Bonchev–Trinajstić information content (AvgIpc) is 3.20. The molecule has 0 spiro atoms. The Morgan fingerprint density at radius 2 is 1.68 bits per heavy atom. The summed E-state index contributed by atoms with van der Waals surface area (Å²) in [4.78, 5) is 27.9. The summed E-state index contributed by atoms with van der Waals surface area (Å²) in [5.41, 5.74) is 0.893. The van der Waals surface area contributed by atoms with Crippen LogP contribution >= 0.6 is 11.3 Å². The van der Waals surface area contributed by atoms with Crippen molar-refractivity contribution >= 4 is 28.8 Å². The molecule has 1 aromatic heterocycles. The summed E-state index contributed by atoms with van der Waals surface area (Å²) in [6.45, 7) is 3.26. The first-order valence-corrected chi connectivity index (χ1v) is 13.1. The monoisotopic (exact) mass is 447 g/mol. The van der Waals surface area contributed by atoms with E-state index in [-0.39, 0.29) is 6.10 Å². The average molecular weight is 448 g/mol. The summed E-state index contributed by atoms with van der Waals surface area (Å²) in [5.74, 6) is 1.21. The van der Waals surface area contributed by atoms with Crippen molar-refractivity contribution in [3.05, 3.63) is 15.8 Å². The number of hydrogen-bond donors (Lipinski definition) is 2.